The third-order valence-corrected chi connectivity index (χ3v) is 4.07. The van der Waals surface area contributed by atoms with E-state index in [1.165, 1.54) is 0 Å². The van der Waals surface area contributed by atoms with Crippen molar-refractivity contribution in [3.8, 4) is 11.3 Å². The first-order chi connectivity index (χ1) is 11.4. The highest BCUT2D eigenvalue weighted by Crippen LogP contribution is 2.36. The highest BCUT2D eigenvalue weighted by Gasteiger charge is 2.15. The largest absolute Gasteiger partial charge is 0.454 e. The predicted molar refractivity (Wildman–Crippen MR) is 90.0 cm³/mol. The first-order valence-electron chi connectivity index (χ1n) is 7.37. The molecule has 0 unspecified atom stereocenters. The molecule has 0 amide bonds. The third kappa shape index (κ3) is 1.75. The van der Waals surface area contributed by atoms with E-state index in [1.54, 1.807) is 12.4 Å². The van der Waals surface area contributed by atoms with Crippen molar-refractivity contribution in [2.24, 2.45) is 0 Å². The zero-order valence-electron chi connectivity index (χ0n) is 12.1. The van der Waals surface area contributed by atoms with Crippen LogP contribution >= 0.6 is 0 Å². The zero-order chi connectivity index (χ0) is 15.2. The predicted octanol–water partition coefficient (Wildman–Crippen LogP) is 4.59. The van der Waals surface area contributed by atoms with Gasteiger partial charge in [-0.1, -0.05) is 12.1 Å². The van der Waals surface area contributed by atoms with Gasteiger partial charge in [0, 0.05) is 41.1 Å². The van der Waals surface area contributed by atoms with Gasteiger partial charge in [0.2, 0.25) is 0 Å². The molecule has 0 atom stereocenters. The Kier molecular flexibility index (Phi) is 2.46. The molecule has 0 saturated carbocycles. The minimum atomic E-state index is 0.789. The Hall–Kier alpha value is -3.27. The molecule has 4 aromatic heterocycles. The number of pyridine rings is 3. The van der Waals surface area contributed by atoms with E-state index in [1.807, 2.05) is 48.8 Å². The van der Waals surface area contributed by atoms with Crippen molar-refractivity contribution in [3.63, 3.8) is 0 Å². The van der Waals surface area contributed by atoms with E-state index < -0.39 is 0 Å². The van der Waals surface area contributed by atoms with Crippen LogP contribution in [0, 0.1) is 0 Å². The number of benzene rings is 1. The average Bonchev–Trinajstić information content (AvgIpc) is 3.00. The van der Waals surface area contributed by atoms with Crippen molar-refractivity contribution in [3.05, 3.63) is 67.3 Å². The summed E-state index contributed by atoms with van der Waals surface area (Å²) in [5.41, 5.74) is 4.42. The Labute approximate surface area is 131 Å². The molecule has 4 nitrogen and oxygen atoms in total. The fourth-order valence-electron chi connectivity index (χ4n) is 3.07. The number of hydrogen-bond acceptors (Lipinski definition) is 4. The van der Waals surface area contributed by atoms with Gasteiger partial charge in [0.25, 0.3) is 0 Å². The van der Waals surface area contributed by atoms with E-state index in [9.17, 15) is 0 Å². The molecular weight excluding hydrogens is 286 g/mol. The van der Waals surface area contributed by atoms with Crippen LogP contribution in [0.25, 0.3) is 44.1 Å². The van der Waals surface area contributed by atoms with Gasteiger partial charge in [-0.15, -0.1) is 0 Å². The summed E-state index contributed by atoms with van der Waals surface area (Å²) in [5.74, 6) is 0. The smallest absolute Gasteiger partial charge is 0.153 e. The monoisotopic (exact) mass is 297 g/mol. The standard InChI is InChI=1S/C19H11N3O/c1-3-14(18-13-7-9-20-11-12(13)6-10-22-18)17-15(4-1)23-16-5-2-8-21-19(16)17/h1-11H. The van der Waals surface area contributed by atoms with Crippen LogP contribution in [-0.4, -0.2) is 15.0 Å². The highest BCUT2D eigenvalue weighted by molar-refractivity contribution is 6.12. The van der Waals surface area contributed by atoms with Crippen LogP contribution < -0.4 is 0 Å². The van der Waals surface area contributed by atoms with Crippen LogP contribution in [0.3, 0.4) is 0 Å². The van der Waals surface area contributed by atoms with Crippen LogP contribution in [0.4, 0.5) is 0 Å². The van der Waals surface area contributed by atoms with Crippen LogP contribution in [-0.2, 0) is 0 Å². The SMILES string of the molecule is c1cnc2c(c1)oc1cccc(-c3nccc4cnccc34)c12. The van der Waals surface area contributed by atoms with Gasteiger partial charge in [0.05, 0.1) is 11.1 Å². The molecule has 1 aromatic carbocycles. The van der Waals surface area contributed by atoms with Crippen molar-refractivity contribution in [2.75, 3.05) is 0 Å². The lowest BCUT2D eigenvalue weighted by atomic mass is 10.0. The van der Waals surface area contributed by atoms with Gasteiger partial charge in [-0.25, -0.2) is 0 Å². The van der Waals surface area contributed by atoms with Gasteiger partial charge in [0.1, 0.15) is 11.1 Å². The van der Waals surface area contributed by atoms with Crippen molar-refractivity contribution < 1.29 is 4.42 Å². The summed E-state index contributed by atoms with van der Waals surface area (Å²) in [4.78, 5) is 13.3. The van der Waals surface area contributed by atoms with Gasteiger partial charge in [-0.2, -0.15) is 0 Å². The van der Waals surface area contributed by atoms with Crippen LogP contribution in [0.2, 0.25) is 0 Å². The summed E-state index contributed by atoms with van der Waals surface area (Å²) in [7, 11) is 0. The summed E-state index contributed by atoms with van der Waals surface area (Å²) in [6.07, 6.45) is 7.24. The second-order valence-electron chi connectivity index (χ2n) is 5.39. The molecule has 5 aromatic rings. The summed E-state index contributed by atoms with van der Waals surface area (Å²) >= 11 is 0. The van der Waals surface area contributed by atoms with E-state index in [4.69, 9.17) is 4.42 Å². The van der Waals surface area contributed by atoms with Crippen molar-refractivity contribution in [2.45, 2.75) is 0 Å². The number of fused-ring (bicyclic) bond motifs is 4. The highest BCUT2D eigenvalue weighted by atomic mass is 16.3. The second kappa shape index (κ2) is 4.61. The zero-order valence-corrected chi connectivity index (χ0v) is 12.1. The molecule has 0 aliphatic carbocycles. The van der Waals surface area contributed by atoms with Crippen LogP contribution in [0.5, 0.6) is 0 Å². The quantitative estimate of drug-likeness (QED) is 0.454. The Morgan fingerprint density at radius 1 is 0.783 bits per heavy atom. The van der Waals surface area contributed by atoms with Crippen molar-refractivity contribution in [1.29, 1.82) is 0 Å². The number of hydrogen-bond donors (Lipinski definition) is 0. The fourth-order valence-corrected chi connectivity index (χ4v) is 3.07. The molecule has 0 aliphatic heterocycles. The molecule has 0 aliphatic rings. The molecule has 0 saturated heterocycles. The Morgan fingerprint density at radius 2 is 1.74 bits per heavy atom. The summed E-state index contributed by atoms with van der Waals surface area (Å²) in [6.45, 7) is 0. The number of furan rings is 1. The Morgan fingerprint density at radius 3 is 2.74 bits per heavy atom. The van der Waals surface area contributed by atoms with Gasteiger partial charge in [-0.05, 0) is 30.3 Å². The molecule has 23 heavy (non-hydrogen) atoms. The summed E-state index contributed by atoms with van der Waals surface area (Å²) in [6, 6.07) is 13.8. The first kappa shape index (κ1) is 12.3. The van der Waals surface area contributed by atoms with E-state index in [-0.39, 0.29) is 0 Å². The molecule has 108 valence electrons. The number of rotatable bonds is 1. The van der Waals surface area contributed by atoms with Crippen LogP contribution in [0.1, 0.15) is 0 Å². The molecule has 0 fully saturated rings. The lowest BCUT2D eigenvalue weighted by Crippen LogP contribution is -1.88. The topological polar surface area (TPSA) is 51.8 Å². The molecule has 0 bridgehead atoms. The van der Waals surface area contributed by atoms with Gasteiger partial charge in [-0.3, -0.25) is 15.0 Å². The summed E-state index contributed by atoms with van der Waals surface area (Å²) in [5, 5.41) is 3.13. The molecule has 0 N–H and O–H groups in total. The molecule has 4 heteroatoms. The number of aromatic nitrogens is 3. The fraction of sp³-hybridized carbons (Fsp3) is 0. The van der Waals surface area contributed by atoms with Gasteiger partial charge >= 0.3 is 0 Å². The maximum atomic E-state index is 5.92. The molecule has 0 radical (unpaired) electrons. The molecule has 5 rings (SSSR count). The Bertz CT molecular complexity index is 1170. The minimum Gasteiger partial charge on any atom is -0.454 e. The molecule has 0 spiro atoms. The van der Waals surface area contributed by atoms with E-state index >= 15 is 0 Å². The minimum absolute atomic E-state index is 0.789. The van der Waals surface area contributed by atoms with Crippen molar-refractivity contribution >= 4 is 32.8 Å². The second-order valence-corrected chi connectivity index (χ2v) is 5.39. The van der Waals surface area contributed by atoms with E-state index in [2.05, 4.69) is 21.0 Å². The van der Waals surface area contributed by atoms with E-state index in [0.29, 0.717) is 0 Å². The lowest BCUT2D eigenvalue weighted by molar-refractivity contribution is 0.668. The number of nitrogens with zero attached hydrogens (tertiary/aromatic N) is 3. The average molecular weight is 297 g/mol. The maximum Gasteiger partial charge on any atom is 0.153 e. The third-order valence-electron chi connectivity index (χ3n) is 4.07. The molecule has 4 heterocycles. The molecular formula is C19H11N3O. The lowest BCUT2D eigenvalue weighted by Gasteiger charge is -2.06. The summed E-state index contributed by atoms with van der Waals surface area (Å²) < 4.78 is 5.92. The van der Waals surface area contributed by atoms with Gasteiger partial charge < -0.3 is 4.42 Å². The van der Waals surface area contributed by atoms with Gasteiger partial charge in [0.15, 0.2) is 5.58 Å². The Balaban J connectivity index is 1.96. The first-order valence-corrected chi connectivity index (χ1v) is 7.37. The maximum absolute atomic E-state index is 5.92. The van der Waals surface area contributed by atoms with Crippen molar-refractivity contribution in [1.82, 2.24) is 15.0 Å². The van der Waals surface area contributed by atoms with Crippen LogP contribution in [0.15, 0.2) is 71.7 Å². The van der Waals surface area contributed by atoms with E-state index in [0.717, 1.165) is 44.1 Å². The normalized spacial score (nSPS) is 11.5.